The Bertz CT molecular complexity index is 415. The number of thioether (sulfide) groups is 1. The molecule has 5 nitrogen and oxygen atoms in total. The largest absolute Gasteiger partial charge is 0.352 e. The van der Waals surface area contributed by atoms with Gasteiger partial charge in [0.25, 0.3) is 0 Å². The number of carbonyl (C=O) groups is 1. The molecule has 1 saturated heterocycles. The van der Waals surface area contributed by atoms with E-state index >= 15 is 0 Å². The summed E-state index contributed by atoms with van der Waals surface area (Å²) >= 11 is 2.99. The van der Waals surface area contributed by atoms with Crippen LogP contribution in [0.15, 0.2) is 17.0 Å². The van der Waals surface area contributed by atoms with Crippen molar-refractivity contribution < 1.29 is 4.79 Å². The molecule has 0 saturated carbocycles. The molecule has 98 valence electrons. The van der Waals surface area contributed by atoms with Crippen LogP contribution in [0.3, 0.4) is 0 Å². The lowest BCUT2D eigenvalue weighted by Gasteiger charge is -2.10. The van der Waals surface area contributed by atoms with Gasteiger partial charge in [0.15, 0.2) is 4.34 Å². The van der Waals surface area contributed by atoms with Crippen LogP contribution in [-0.4, -0.2) is 41.5 Å². The highest BCUT2D eigenvalue weighted by molar-refractivity contribution is 8.01. The van der Waals surface area contributed by atoms with Crippen LogP contribution in [-0.2, 0) is 4.79 Å². The van der Waals surface area contributed by atoms with Gasteiger partial charge in [-0.15, -0.1) is 16.8 Å². The molecule has 1 aromatic heterocycles. The first-order valence-corrected chi connectivity index (χ1v) is 7.68. The van der Waals surface area contributed by atoms with Gasteiger partial charge in [-0.05, 0) is 12.8 Å². The molecule has 2 heterocycles. The van der Waals surface area contributed by atoms with E-state index in [2.05, 4.69) is 27.0 Å². The monoisotopic (exact) mass is 284 g/mol. The lowest BCUT2D eigenvalue weighted by molar-refractivity contribution is -0.118. The number of amides is 1. The molecule has 0 atom stereocenters. The van der Waals surface area contributed by atoms with Gasteiger partial charge in [0.1, 0.15) is 0 Å². The number of aromatic nitrogens is 2. The zero-order valence-electron chi connectivity index (χ0n) is 10.1. The molecule has 1 amide bonds. The molecule has 0 spiro atoms. The first-order valence-electron chi connectivity index (χ1n) is 5.88. The van der Waals surface area contributed by atoms with Crippen LogP contribution in [0, 0.1) is 0 Å². The molecule has 0 radical (unpaired) electrons. The summed E-state index contributed by atoms with van der Waals surface area (Å²) in [4.78, 5) is 13.7. The zero-order chi connectivity index (χ0) is 12.8. The smallest absolute Gasteiger partial charge is 0.230 e. The molecule has 0 aromatic carbocycles. The van der Waals surface area contributed by atoms with E-state index in [9.17, 15) is 4.79 Å². The maximum Gasteiger partial charge on any atom is 0.230 e. The molecule has 1 aromatic rings. The first kappa shape index (κ1) is 13.4. The van der Waals surface area contributed by atoms with Crippen LogP contribution in [0.2, 0.25) is 0 Å². The molecule has 1 aliphatic rings. The standard InChI is InChI=1S/C11H16N4OS2/c1-2-5-12-9(16)8-17-11-14-13-10(18-11)15-6-3-4-7-15/h2H,1,3-8H2,(H,12,16). The molecule has 0 aliphatic carbocycles. The number of rotatable bonds is 6. The van der Waals surface area contributed by atoms with Crippen molar-refractivity contribution in [2.24, 2.45) is 0 Å². The van der Waals surface area contributed by atoms with Gasteiger partial charge in [-0.3, -0.25) is 4.79 Å². The summed E-state index contributed by atoms with van der Waals surface area (Å²) in [5.74, 6) is 0.375. The average molecular weight is 284 g/mol. The maximum atomic E-state index is 11.4. The van der Waals surface area contributed by atoms with E-state index in [0.717, 1.165) is 22.6 Å². The van der Waals surface area contributed by atoms with Crippen molar-refractivity contribution in [1.29, 1.82) is 0 Å². The Hall–Kier alpha value is -1.08. The Kier molecular flexibility index (Phi) is 5.00. The quantitative estimate of drug-likeness (QED) is 0.634. The van der Waals surface area contributed by atoms with Crippen molar-refractivity contribution in [3.63, 3.8) is 0 Å². The lowest BCUT2D eigenvalue weighted by Crippen LogP contribution is -2.24. The molecule has 1 aliphatic heterocycles. The number of hydrogen-bond donors (Lipinski definition) is 1. The van der Waals surface area contributed by atoms with Crippen molar-refractivity contribution in [2.75, 3.05) is 30.3 Å². The fourth-order valence-corrected chi connectivity index (χ4v) is 3.38. The predicted octanol–water partition coefficient (Wildman–Crippen LogP) is 1.53. The summed E-state index contributed by atoms with van der Waals surface area (Å²) in [6.07, 6.45) is 4.12. The van der Waals surface area contributed by atoms with Crippen LogP contribution in [0.1, 0.15) is 12.8 Å². The summed E-state index contributed by atoms with van der Waals surface area (Å²) in [6.45, 7) is 6.20. The Labute approximate surface area is 115 Å². The zero-order valence-corrected chi connectivity index (χ0v) is 11.7. The Balaban J connectivity index is 1.79. The van der Waals surface area contributed by atoms with Crippen molar-refractivity contribution in [2.45, 2.75) is 17.2 Å². The minimum absolute atomic E-state index is 0.00202. The van der Waals surface area contributed by atoms with Crippen molar-refractivity contribution in [3.05, 3.63) is 12.7 Å². The summed E-state index contributed by atoms with van der Waals surface area (Å²) in [5.41, 5.74) is 0. The molecule has 0 unspecified atom stereocenters. The average Bonchev–Trinajstić information content (AvgIpc) is 3.03. The second-order valence-corrected chi connectivity index (χ2v) is 6.10. The topological polar surface area (TPSA) is 58.1 Å². The summed E-state index contributed by atoms with van der Waals surface area (Å²) in [5, 5.41) is 12.0. The lowest BCUT2D eigenvalue weighted by atomic mass is 10.4. The molecule has 0 bridgehead atoms. The van der Waals surface area contributed by atoms with Crippen molar-refractivity contribution in [3.8, 4) is 0 Å². The van der Waals surface area contributed by atoms with Crippen LogP contribution >= 0.6 is 23.1 Å². The molecule has 18 heavy (non-hydrogen) atoms. The minimum atomic E-state index is -0.00202. The maximum absolute atomic E-state index is 11.4. The second kappa shape index (κ2) is 6.75. The van der Waals surface area contributed by atoms with Crippen molar-refractivity contribution in [1.82, 2.24) is 15.5 Å². The van der Waals surface area contributed by atoms with E-state index in [4.69, 9.17) is 0 Å². The normalized spacial score (nSPS) is 14.8. The van der Waals surface area contributed by atoms with Gasteiger partial charge < -0.3 is 10.2 Å². The van der Waals surface area contributed by atoms with Crippen LogP contribution in [0.5, 0.6) is 0 Å². The molecule has 7 heteroatoms. The van der Waals surface area contributed by atoms with Crippen LogP contribution in [0.25, 0.3) is 0 Å². The fourth-order valence-electron chi connectivity index (χ4n) is 1.66. The molecule has 1 N–H and O–H groups in total. The minimum Gasteiger partial charge on any atom is -0.352 e. The van der Waals surface area contributed by atoms with Gasteiger partial charge in [0.2, 0.25) is 11.0 Å². The Morgan fingerprint density at radius 3 is 3.00 bits per heavy atom. The van der Waals surface area contributed by atoms with E-state index in [1.165, 1.54) is 24.6 Å². The van der Waals surface area contributed by atoms with E-state index in [1.54, 1.807) is 17.4 Å². The highest BCUT2D eigenvalue weighted by atomic mass is 32.2. The highest BCUT2D eigenvalue weighted by Crippen LogP contribution is 2.29. The van der Waals surface area contributed by atoms with Gasteiger partial charge in [0, 0.05) is 19.6 Å². The number of nitrogens with zero attached hydrogens (tertiary/aromatic N) is 3. The molecular weight excluding hydrogens is 268 g/mol. The molecule has 2 rings (SSSR count). The summed E-state index contributed by atoms with van der Waals surface area (Å²) < 4.78 is 0.852. The molecular formula is C11H16N4OS2. The summed E-state index contributed by atoms with van der Waals surface area (Å²) in [6, 6.07) is 0. The van der Waals surface area contributed by atoms with E-state index in [0.29, 0.717) is 12.3 Å². The number of anilines is 1. The second-order valence-electron chi connectivity index (χ2n) is 3.93. The third kappa shape index (κ3) is 3.71. The Morgan fingerprint density at radius 1 is 1.50 bits per heavy atom. The van der Waals surface area contributed by atoms with Gasteiger partial charge in [-0.25, -0.2) is 0 Å². The van der Waals surface area contributed by atoms with Crippen LogP contribution < -0.4 is 10.2 Å². The third-order valence-electron chi connectivity index (χ3n) is 2.54. The predicted molar refractivity (Wildman–Crippen MR) is 75.3 cm³/mol. The molecule has 1 fully saturated rings. The van der Waals surface area contributed by atoms with E-state index < -0.39 is 0 Å². The van der Waals surface area contributed by atoms with Crippen molar-refractivity contribution >= 4 is 34.1 Å². The fraction of sp³-hybridized carbons (Fsp3) is 0.545. The van der Waals surface area contributed by atoms with Gasteiger partial charge >= 0.3 is 0 Å². The highest BCUT2D eigenvalue weighted by Gasteiger charge is 2.17. The van der Waals surface area contributed by atoms with Gasteiger partial charge in [-0.1, -0.05) is 29.2 Å². The van der Waals surface area contributed by atoms with E-state index in [1.807, 2.05) is 0 Å². The summed E-state index contributed by atoms with van der Waals surface area (Å²) in [7, 11) is 0. The van der Waals surface area contributed by atoms with Gasteiger partial charge in [0.05, 0.1) is 5.75 Å². The number of carbonyl (C=O) groups excluding carboxylic acids is 1. The number of nitrogens with one attached hydrogen (secondary N) is 1. The number of hydrogen-bond acceptors (Lipinski definition) is 6. The third-order valence-corrected chi connectivity index (χ3v) is 4.66. The van der Waals surface area contributed by atoms with E-state index in [-0.39, 0.29) is 5.91 Å². The Morgan fingerprint density at radius 2 is 2.28 bits per heavy atom. The first-order chi connectivity index (χ1) is 8.79. The van der Waals surface area contributed by atoms with Crippen LogP contribution in [0.4, 0.5) is 5.13 Å². The van der Waals surface area contributed by atoms with Gasteiger partial charge in [-0.2, -0.15) is 0 Å². The SMILES string of the molecule is C=CCNC(=O)CSc1nnc(N2CCCC2)s1.